The van der Waals surface area contributed by atoms with E-state index in [0.717, 1.165) is 19.3 Å². The molecule has 4 nitrogen and oxygen atoms in total. The second-order valence-electron chi connectivity index (χ2n) is 6.44. The Morgan fingerprint density at radius 1 is 1.20 bits per heavy atom. The molecule has 0 atom stereocenters. The van der Waals surface area contributed by atoms with Gasteiger partial charge in [-0.05, 0) is 57.8 Å². The van der Waals surface area contributed by atoms with E-state index in [1.54, 1.807) is 0 Å². The van der Waals surface area contributed by atoms with E-state index in [1.807, 2.05) is 0 Å². The van der Waals surface area contributed by atoms with Crippen molar-refractivity contribution in [1.29, 1.82) is 0 Å². The zero-order valence-corrected chi connectivity index (χ0v) is 12.0. The first-order valence-corrected chi connectivity index (χ1v) is 7.98. The first-order valence-electron chi connectivity index (χ1n) is 7.98. The molecule has 0 aliphatic heterocycles. The van der Waals surface area contributed by atoms with Crippen LogP contribution in [0.2, 0.25) is 0 Å². The molecule has 2 amide bonds. The smallest absolute Gasteiger partial charge is 0.235 e. The third-order valence-electron chi connectivity index (χ3n) is 4.65. The minimum atomic E-state index is -0.733. The van der Waals surface area contributed by atoms with Crippen LogP contribution in [-0.2, 0) is 9.59 Å². The van der Waals surface area contributed by atoms with E-state index >= 15 is 0 Å². The van der Waals surface area contributed by atoms with E-state index < -0.39 is 5.41 Å². The van der Waals surface area contributed by atoms with E-state index in [-0.39, 0.29) is 11.8 Å². The molecule has 0 aromatic heterocycles. The summed E-state index contributed by atoms with van der Waals surface area (Å²) in [6, 6.07) is 0.333. The molecule has 0 aromatic rings. The van der Waals surface area contributed by atoms with Crippen LogP contribution in [0.15, 0.2) is 11.6 Å². The van der Waals surface area contributed by atoms with Gasteiger partial charge in [-0.2, -0.15) is 0 Å². The van der Waals surface area contributed by atoms with Crippen molar-refractivity contribution in [3.05, 3.63) is 11.6 Å². The van der Waals surface area contributed by atoms with Gasteiger partial charge in [0.05, 0.1) is 0 Å². The van der Waals surface area contributed by atoms with Crippen LogP contribution in [0.25, 0.3) is 0 Å². The van der Waals surface area contributed by atoms with Gasteiger partial charge in [-0.25, -0.2) is 0 Å². The van der Waals surface area contributed by atoms with E-state index in [4.69, 9.17) is 0 Å². The lowest BCUT2D eigenvalue weighted by Gasteiger charge is -2.16. The Labute approximate surface area is 120 Å². The highest BCUT2D eigenvalue weighted by Crippen LogP contribution is 2.46. The van der Waals surface area contributed by atoms with Gasteiger partial charge in [0.1, 0.15) is 5.41 Å². The molecule has 0 bridgehead atoms. The van der Waals surface area contributed by atoms with Crippen molar-refractivity contribution in [3.8, 4) is 0 Å². The van der Waals surface area contributed by atoms with Crippen molar-refractivity contribution in [2.24, 2.45) is 5.41 Å². The highest BCUT2D eigenvalue weighted by molar-refractivity contribution is 6.08. The minimum Gasteiger partial charge on any atom is -0.355 e. The fraction of sp³-hybridized carbons (Fsp3) is 0.750. The molecule has 0 spiro atoms. The molecular weight excluding hydrogens is 252 g/mol. The van der Waals surface area contributed by atoms with Crippen molar-refractivity contribution in [2.75, 3.05) is 6.54 Å². The number of hydrogen-bond acceptors (Lipinski definition) is 2. The zero-order chi connectivity index (χ0) is 14.0. The lowest BCUT2D eigenvalue weighted by atomic mass is 9.97. The molecule has 110 valence electrons. The monoisotopic (exact) mass is 276 g/mol. The topological polar surface area (TPSA) is 58.2 Å². The summed E-state index contributed by atoms with van der Waals surface area (Å²) < 4.78 is 0. The van der Waals surface area contributed by atoms with Gasteiger partial charge in [0.25, 0.3) is 0 Å². The Morgan fingerprint density at radius 3 is 2.60 bits per heavy atom. The summed E-state index contributed by atoms with van der Waals surface area (Å²) in [5.74, 6) is -0.110. The van der Waals surface area contributed by atoms with E-state index in [0.29, 0.717) is 25.4 Å². The Kier molecular flexibility index (Phi) is 3.81. The van der Waals surface area contributed by atoms with Gasteiger partial charge < -0.3 is 10.6 Å². The van der Waals surface area contributed by atoms with Crippen molar-refractivity contribution in [1.82, 2.24) is 10.6 Å². The summed E-state index contributed by atoms with van der Waals surface area (Å²) in [4.78, 5) is 24.3. The Morgan fingerprint density at radius 2 is 2.00 bits per heavy atom. The highest BCUT2D eigenvalue weighted by Gasteiger charge is 2.57. The molecule has 0 radical (unpaired) electrons. The van der Waals surface area contributed by atoms with Crippen LogP contribution in [0.5, 0.6) is 0 Å². The van der Waals surface area contributed by atoms with E-state index in [9.17, 15) is 9.59 Å². The van der Waals surface area contributed by atoms with Gasteiger partial charge in [0.15, 0.2) is 0 Å². The molecule has 3 rings (SSSR count). The zero-order valence-electron chi connectivity index (χ0n) is 12.0. The molecule has 0 heterocycles. The minimum absolute atomic E-state index is 0.0469. The quantitative estimate of drug-likeness (QED) is 0.576. The van der Waals surface area contributed by atoms with Gasteiger partial charge in [-0.3, -0.25) is 9.59 Å². The largest absolute Gasteiger partial charge is 0.355 e. The molecule has 4 heteroatoms. The van der Waals surface area contributed by atoms with Crippen molar-refractivity contribution < 1.29 is 9.59 Å². The maximum absolute atomic E-state index is 12.2. The molecule has 0 unspecified atom stereocenters. The van der Waals surface area contributed by atoms with Gasteiger partial charge in [-0.1, -0.05) is 11.6 Å². The fourth-order valence-electron chi connectivity index (χ4n) is 2.87. The van der Waals surface area contributed by atoms with Crippen LogP contribution in [0.1, 0.15) is 57.8 Å². The van der Waals surface area contributed by atoms with Crippen LogP contribution >= 0.6 is 0 Å². The molecule has 0 aromatic carbocycles. The maximum atomic E-state index is 12.2. The van der Waals surface area contributed by atoms with Gasteiger partial charge >= 0.3 is 0 Å². The number of nitrogens with one attached hydrogen (secondary N) is 2. The number of allylic oxidation sites excluding steroid dienone is 1. The highest BCUT2D eigenvalue weighted by atomic mass is 16.2. The number of rotatable bonds is 6. The second-order valence-corrected chi connectivity index (χ2v) is 6.44. The van der Waals surface area contributed by atoms with Crippen LogP contribution < -0.4 is 10.6 Å². The predicted octanol–water partition coefficient (Wildman–Crippen LogP) is 2.05. The summed E-state index contributed by atoms with van der Waals surface area (Å²) in [5.41, 5.74) is 0.729. The summed E-state index contributed by atoms with van der Waals surface area (Å²) in [6.07, 6.45) is 11.7. The van der Waals surface area contributed by atoms with Gasteiger partial charge in [0.2, 0.25) is 11.8 Å². The maximum Gasteiger partial charge on any atom is 0.235 e. The van der Waals surface area contributed by atoms with Crippen LogP contribution in [0.4, 0.5) is 0 Å². The lowest BCUT2D eigenvalue weighted by molar-refractivity contribution is -0.137. The summed E-state index contributed by atoms with van der Waals surface area (Å²) in [7, 11) is 0. The molecule has 2 saturated carbocycles. The van der Waals surface area contributed by atoms with E-state index in [2.05, 4.69) is 16.7 Å². The number of amides is 2. The Balaban J connectivity index is 1.43. The molecule has 2 fully saturated rings. The molecule has 20 heavy (non-hydrogen) atoms. The predicted molar refractivity (Wildman–Crippen MR) is 77.0 cm³/mol. The Hall–Kier alpha value is -1.32. The van der Waals surface area contributed by atoms with Crippen molar-refractivity contribution >= 4 is 11.8 Å². The third kappa shape index (κ3) is 3.05. The molecule has 2 N–H and O–H groups in total. The van der Waals surface area contributed by atoms with Crippen LogP contribution in [0, 0.1) is 5.41 Å². The Bertz CT molecular complexity index is 434. The third-order valence-corrected chi connectivity index (χ3v) is 4.65. The summed E-state index contributed by atoms with van der Waals surface area (Å²) in [5, 5.41) is 5.93. The normalized spacial score (nSPS) is 23.7. The number of carbonyl (C=O) groups excluding carboxylic acids is 2. The first kappa shape index (κ1) is 13.7. The van der Waals surface area contributed by atoms with Gasteiger partial charge in [-0.15, -0.1) is 0 Å². The van der Waals surface area contributed by atoms with Crippen LogP contribution in [0.3, 0.4) is 0 Å². The molecule has 0 saturated heterocycles. The first-order chi connectivity index (χ1) is 9.71. The van der Waals surface area contributed by atoms with E-state index in [1.165, 1.54) is 31.3 Å². The average molecular weight is 276 g/mol. The lowest BCUT2D eigenvalue weighted by Crippen LogP contribution is -2.44. The standard InChI is InChI=1S/C16H24N2O2/c19-14(17-11-8-12-4-2-1-3-5-12)16(9-10-16)15(20)18-13-6-7-13/h4,13H,1-3,5-11H2,(H,17,19)(H,18,20). The average Bonchev–Trinajstić information content (AvgIpc) is 3.34. The van der Waals surface area contributed by atoms with Crippen molar-refractivity contribution in [2.45, 2.75) is 63.8 Å². The number of carbonyl (C=O) groups is 2. The molecular formula is C16H24N2O2. The summed E-state index contributed by atoms with van der Waals surface area (Å²) >= 11 is 0. The second kappa shape index (κ2) is 5.58. The molecule has 3 aliphatic rings. The van der Waals surface area contributed by atoms with Crippen molar-refractivity contribution in [3.63, 3.8) is 0 Å². The fourth-order valence-corrected chi connectivity index (χ4v) is 2.87. The van der Waals surface area contributed by atoms with Gasteiger partial charge in [0, 0.05) is 12.6 Å². The van der Waals surface area contributed by atoms with Crippen LogP contribution in [-0.4, -0.2) is 24.4 Å². The number of hydrogen-bond donors (Lipinski definition) is 2. The molecule has 3 aliphatic carbocycles. The SMILES string of the molecule is O=C(NCCC1=CCCCC1)C1(C(=O)NC2CC2)CC1. The summed E-state index contributed by atoms with van der Waals surface area (Å²) in [6.45, 7) is 0.670.